The molecule has 0 unspecified atom stereocenters. The van der Waals surface area contributed by atoms with Crippen molar-refractivity contribution in [3.8, 4) is 5.69 Å². The number of carbonyl (C=O) groups is 1. The van der Waals surface area contributed by atoms with Crippen LogP contribution in [-0.2, 0) is 0 Å². The minimum Gasteiger partial charge on any atom is -0.348 e. The van der Waals surface area contributed by atoms with E-state index in [9.17, 15) is 4.79 Å². The first kappa shape index (κ1) is 15.4. The molecule has 1 aliphatic carbocycles. The van der Waals surface area contributed by atoms with Gasteiger partial charge in [-0.3, -0.25) is 4.79 Å². The standard InChI is InChI=1S/C19H21N3OS/c1-13-7-2-3-9-15(13)21-18(23)17-16(22-11-4-5-12-22)14-8-6-10-20-19(14)24-17/h4-6,8,10-13,15H,2-3,7,9H2,1H3,(H,21,23)/t13-,15-/m1/s1. The van der Waals surface area contributed by atoms with Crippen molar-refractivity contribution in [3.63, 3.8) is 0 Å². The Morgan fingerprint density at radius 3 is 2.83 bits per heavy atom. The highest BCUT2D eigenvalue weighted by atomic mass is 32.1. The summed E-state index contributed by atoms with van der Waals surface area (Å²) in [7, 11) is 0. The molecule has 0 aliphatic heterocycles. The molecule has 0 bridgehead atoms. The Kier molecular flexibility index (Phi) is 4.10. The molecule has 1 fully saturated rings. The lowest BCUT2D eigenvalue weighted by Crippen LogP contribution is -2.41. The molecule has 0 saturated heterocycles. The molecule has 2 atom stereocenters. The third-order valence-corrected chi connectivity index (χ3v) is 6.04. The third kappa shape index (κ3) is 2.73. The summed E-state index contributed by atoms with van der Waals surface area (Å²) >= 11 is 1.48. The SMILES string of the molecule is C[C@@H]1CCCC[C@H]1NC(=O)c1sc2ncccc2c1-n1cccc1. The normalized spacial score (nSPS) is 21.0. The number of nitrogens with one attached hydrogen (secondary N) is 1. The topological polar surface area (TPSA) is 46.9 Å². The number of amides is 1. The monoisotopic (exact) mass is 339 g/mol. The van der Waals surface area contributed by atoms with Crippen molar-refractivity contribution < 1.29 is 4.79 Å². The summed E-state index contributed by atoms with van der Waals surface area (Å²) < 4.78 is 2.01. The summed E-state index contributed by atoms with van der Waals surface area (Å²) in [6, 6.07) is 8.19. The van der Waals surface area contributed by atoms with E-state index in [0.717, 1.165) is 27.2 Å². The molecule has 3 heterocycles. The van der Waals surface area contributed by atoms with Crippen LogP contribution in [0.4, 0.5) is 0 Å². The van der Waals surface area contributed by atoms with E-state index in [0.29, 0.717) is 5.92 Å². The summed E-state index contributed by atoms with van der Waals surface area (Å²) in [5, 5.41) is 4.31. The van der Waals surface area contributed by atoms with Crippen LogP contribution in [0.2, 0.25) is 0 Å². The summed E-state index contributed by atoms with van der Waals surface area (Å²) in [4.78, 5) is 19.1. The summed E-state index contributed by atoms with van der Waals surface area (Å²) in [5.41, 5.74) is 0.939. The maximum atomic E-state index is 13.0. The summed E-state index contributed by atoms with van der Waals surface area (Å²) in [5.74, 6) is 0.575. The lowest BCUT2D eigenvalue weighted by atomic mass is 9.86. The van der Waals surface area contributed by atoms with Gasteiger partial charge in [0.25, 0.3) is 5.91 Å². The van der Waals surface area contributed by atoms with E-state index in [-0.39, 0.29) is 11.9 Å². The molecule has 4 rings (SSSR count). The maximum Gasteiger partial charge on any atom is 0.263 e. The molecule has 3 aromatic heterocycles. The van der Waals surface area contributed by atoms with Crippen LogP contribution in [0.3, 0.4) is 0 Å². The van der Waals surface area contributed by atoms with E-state index >= 15 is 0 Å². The van der Waals surface area contributed by atoms with Crippen LogP contribution in [0.25, 0.3) is 15.9 Å². The number of pyridine rings is 1. The molecule has 4 nitrogen and oxygen atoms in total. The van der Waals surface area contributed by atoms with E-state index in [4.69, 9.17) is 0 Å². The van der Waals surface area contributed by atoms with Crippen molar-refractivity contribution >= 4 is 27.5 Å². The van der Waals surface area contributed by atoms with Crippen molar-refractivity contribution in [2.24, 2.45) is 5.92 Å². The van der Waals surface area contributed by atoms with Crippen molar-refractivity contribution in [2.45, 2.75) is 38.6 Å². The second kappa shape index (κ2) is 6.40. The third-order valence-electron chi connectivity index (χ3n) is 4.94. The predicted octanol–water partition coefficient (Wildman–Crippen LogP) is 4.40. The molecule has 1 aliphatic rings. The molecule has 124 valence electrons. The zero-order valence-corrected chi connectivity index (χ0v) is 14.6. The van der Waals surface area contributed by atoms with Crippen molar-refractivity contribution in [2.75, 3.05) is 0 Å². The Bertz CT molecular complexity index is 853. The largest absolute Gasteiger partial charge is 0.348 e. The van der Waals surface area contributed by atoms with Gasteiger partial charge in [0.15, 0.2) is 0 Å². The van der Waals surface area contributed by atoms with E-state index in [1.165, 1.54) is 30.6 Å². The Balaban J connectivity index is 1.73. The number of carbonyl (C=O) groups excluding carboxylic acids is 1. The molecule has 5 heteroatoms. The van der Waals surface area contributed by atoms with Crippen LogP contribution < -0.4 is 5.32 Å². The summed E-state index contributed by atoms with van der Waals surface area (Å²) in [6.07, 6.45) is 10.5. The van der Waals surface area contributed by atoms with Gasteiger partial charge >= 0.3 is 0 Å². The highest BCUT2D eigenvalue weighted by Crippen LogP contribution is 2.33. The molecule has 0 radical (unpaired) electrons. The number of hydrogen-bond acceptors (Lipinski definition) is 3. The molecular weight excluding hydrogens is 318 g/mol. The number of hydrogen-bond donors (Lipinski definition) is 1. The van der Waals surface area contributed by atoms with Gasteiger partial charge in [-0.1, -0.05) is 19.8 Å². The van der Waals surface area contributed by atoms with E-state index < -0.39 is 0 Å². The van der Waals surface area contributed by atoms with Gasteiger partial charge in [0.2, 0.25) is 0 Å². The van der Waals surface area contributed by atoms with Crippen LogP contribution in [0, 0.1) is 5.92 Å². The smallest absolute Gasteiger partial charge is 0.263 e. The maximum absolute atomic E-state index is 13.0. The number of rotatable bonds is 3. The predicted molar refractivity (Wildman–Crippen MR) is 97.8 cm³/mol. The van der Waals surface area contributed by atoms with Gasteiger partial charge in [0.05, 0.1) is 5.69 Å². The fourth-order valence-electron chi connectivity index (χ4n) is 3.58. The number of nitrogens with zero attached hydrogens (tertiary/aromatic N) is 2. The Morgan fingerprint density at radius 1 is 1.25 bits per heavy atom. The Labute approximate surface area is 145 Å². The molecular formula is C19H21N3OS. The lowest BCUT2D eigenvalue weighted by Gasteiger charge is -2.29. The molecule has 1 N–H and O–H groups in total. The van der Waals surface area contributed by atoms with Crippen LogP contribution >= 0.6 is 11.3 Å². The average molecular weight is 339 g/mol. The molecule has 1 amide bonds. The molecule has 3 aromatic rings. The van der Waals surface area contributed by atoms with Gasteiger partial charge in [-0.15, -0.1) is 11.3 Å². The first-order valence-corrected chi connectivity index (χ1v) is 9.37. The first-order valence-electron chi connectivity index (χ1n) is 8.56. The van der Waals surface area contributed by atoms with Crippen LogP contribution in [0.15, 0.2) is 42.9 Å². The van der Waals surface area contributed by atoms with Crippen molar-refractivity contribution in [1.82, 2.24) is 14.9 Å². The van der Waals surface area contributed by atoms with Gasteiger partial charge in [0, 0.05) is 30.0 Å². The zero-order chi connectivity index (χ0) is 16.5. The van der Waals surface area contributed by atoms with Gasteiger partial charge in [-0.05, 0) is 43.0 Å². The molecule has 0 aromatic carbocycles. The Hall–Kier alpha value is -2.14. The number of aromatic nitrogens is 2. The van der Waals surface area contributed by atoms with E-state index in [1.807, 2.05) is 41.2 Å². The highest BCUT2D eigenvalue weighted by Gasteiger charge is 2.26. The Morgan fingerprint density at radius 2 is 2.04 bits per heavy atom. The van der Waals surface area contributed by atoms with Crippen LogP contribution in [-0.4, -0.2) is 21.5 Å². The molecule has 1 saturated carbocycles. The zero-order valence-electron chi connectivity index (χ0n) is 13.7. The van der Waals surface area contributed by atoms with Gasteiger partial charge in [-0.25, -0.2) is 4.98 Å². The second-order valence-electron chi connectivity index (χ2n) is 6.57. The molecule has 0 spiro atoms. The fraction of sp³-hybridized carbons (Fsp3) is 0.368. The quantitative estimate of drug-likeness (QED) is 0.769. The van der Waals surface area contributed by atoms with E-state index in [1.54, 1.807) is 6.20 Å². The first-order chi connectivity index (χ1) is 11.7. The van der Waals surface area contributed by atoms with E-state index in [2.05, 4.69) is 17.2 Å². The number of fused-ring (bicyclic) bond motifs is 1. The minimum absolute atomic E-state index is 0.0282. The van der Waals surface area contributed by atoms with Gasteiger partial charge < -0.3 is 9.88 Å². The van der Waals surface area contributed by atoms with Crippen LogP contribution in [0.1, 0.15) is 42.3 Å². The molecule has 24 heavy (non-hydrogen) atoms. The number of thiophene rings is 1. The minimum atomic E-state index is 0.0282. The van der Waals surface area contributed by atoms with Crippen LogP contribution in [0.5, 0.6) is 0 Å². The fourth-order valence-corrected chi connectivity index (χ4v) is 4.62. The van der Waals surface area contributed by atoms with Gasteiger partial charge in [0.1, 0.15) is 9.71 Å². The van der Waals surface area contributed by atoms with Gasteiger partial charge in [-0.2, -0.15) is 0 Å². The van der Waals surface area contributed by atoms with Crippen molar-refractivity contribution in [1.29, 1.82) is 0 Å². The second-order valence-corrected chi connectivity index (χ2v) is 7.57. The summed E-state index contributed by atoms with van der Waals surface area (Å²) in [6.45, 7) is 2.24. The highest BCUT2D eigenvalue weighted by molar-refractivity contribution is 7.21. The average Bonchev–Trinajstić information content (AvgIpc) is 3.23. The van der Waals surface area contributed by atoms with Crippen molar-refractivity contribution in [3.05, 3.63) is 47.7 Å². The lowest BCUT2D eigenvalue weighted by molar-refractivity contribution is 0.0914.